The van der Waals surface area contributed by atoms with Gasteiger partial charge in [-0.15, -0.1) is 0 Å². The molecule has 0 spiro atoms. The van der Waals surface area contributed by atoms with E-state index in [1.165, 1.54) is 18.5 Å². The maximum Gasteiger partial charge on any atom is 0.387 e. The van der Waals surface area contributed by atoms with Gasteiger partial charge in [0.05, 0.1) is 40.2 Å². The van der Waals surface area contributed by atoms with Gasteiger partial charge in [-0.25, -0.2) is 4.98 Å². The molecule has 0 aliphatic heterocycles. The van der Waals surface area contributed by atoms with Crippen LogP contribution in [0.1, 0.15) is 20.8 Å². The van der Waals surface area contributed by atoms with E-state index in [1.807, 2.05) is 31.6 Å². The van der Waals surface area contributed by atoms with Gasteiger partial charge < -0.3 is 9.84 Å². The Morgan fingerprint density at radius 2 is 1.90 bits per heavy atom. The topological polar surface area (TPSA) is 78.0 Å². The van der Waals surface area contributed by atoms with E-state index in [4.69, 9.17) is 0 Å². The first-order valence-electron chi connectivity index (χ1n) is 8.89. The van der Waals surface area contributed by atoms with Crippen LogP contribution in [-0.2, 0) is 5.54 Å². The number of rotatable bonds is 4. The third kappa shape index (κ3) is 3.63. The first-order chi connectivity index (χ1) is 13.7. The Morgan fingerprint density at radius 3 is 2.59 bits per heavy atom. The number of alkyl halides is 2. The molecule has 0 saturated heterocycles. The van der Waals surface area contributed by atoms with E-state index >= 15 is 0 Å². The molecule has 0 aromatic carbocycles. The van der Waals surface area contributed by atoms with Crippen molar-refractivity contribution in [2.24, 2.45) is 0 Å². The first-order valence-corrected chi connectivity index (χ1v) is 8.89. The Morgan fingerprint density at radius 1 is 1.10 bits per heavy atom. The van der Waals surface area contributed by atoms with Gasteiger partial charge in [-0.2, -0.15) is 13.9 Å². The fourth-order valence-corrected chi connectivity index (χ4v) is 2.96. The number of halogens is 2. The van der Waals surface area contributed by atoms with Gasteiger partial charge in [-0.05, 0) is 39.0 Å². The zero-order valence-electron chi connectivity index (χ0n) is 16.0. The average molecular weight is 399 g/mol. The molecule has 0 radical (unpaired) electrons. The minimum Gasteiger partial charge on any atom is -0.494 e. The largest absolute Gasteiger partial charge is 0.494 e. The fourth-order valence-electron chi connectivity index (χ4n) is 2.96. The zero-order chi connectivity index (χ0) is 20.8. The smallest absolute Gasteiger partial charge is 0.387 e. The molecule has 150 valence electrons. The Hall–Kier alpha value is -3.49. The minimum absolute atomic E-state index is 0.0421. The predicted octanol–water partition coefficient (Wildman–Crippen LogP) is 4.35. The van der Waals surface area contributed by atoms with Gasteiger partial charge in [0.1, 0.15) is 5.75 Å². The van der Waals surface area contributed by atoms with Crippen LogP contribution in [0.5, 0.6) is 11.6 Å². The number of aromatic hydroxyl groups is 1. The predicted molar refractivity (Wildman–Crippen MR) is 103 cm³/mol. The Bertz CT molecular complexity index is 1180. The summed E-state index contributed by atoms with van der Waals surface area (Å²) in [5.41, 5.74) is 2.10. The molecular weight excluding hydrogens is 380 g/mol. The lowest BCUT2D eigenvalue weighted by molar-refractivity contribution is -0.0500. The maximum atomic E-state index is 12.4. The van der Waals surface area contributed by atoms with Gasteiger partial charge in [-0.1, -0.05) is 0 Å². The van der Waals surface area contributed by atoms with Crippen LogP contribution in [0.15, 0.2) is 49.2 Å². The van der Waals surface area contributed by atoms with Crippen molar-refractivity contribution in [3.8, 4) is 28.6 Å². The molecule has 0 amide bonds. The molecule has 0 aliphatic rings. The van der Waals surface area contributed by atoms with E-state index in [1.54, 1.807) is 29.1 Å². The van der Waals surface area contributed by atoms with Crippen molar-refractivity contribution in [1.29, 1.82) is 0 Å². The second-order valence-electron chi connectivity index (χ2n) is 7.55. The Kier molecular flexibility index (Phi) is 4.45. The fraction of sp³-hybridized carbons (Fsp3) is 0.250. The van der Waals surface area contributed by atoms with Gasteiger partial charge in [0.15, 0.2) is 0 Å². The molecule has 0 aliphatic carbocycles. The molecule has 0 bridgehead atoms. The zero-order valence-corrected chi connectivity index (χ0v) is 16.0. The summed E-state index contributed by atoms with van der Waals surface area (Å²) in [5, 5.41) is 15.5. The number of nitrogens with zero attached hydrogens (tertiary/aromatic N) is 5. The molecule has 1 N–H and O–H groups in total. The number of ether oxygens (including phenoxy) is 1. The number of aromatic nitrogens is 5. The number of fused-ring (bicyclic) bond motifs is 1. The maximum absolute atomic E-state index is 12.4. The molecule has 4 aromatic heterocycles. The second-order valence-corrected chi connectivity index (χ2v) is 7.55. The second kappa shape index (κ2) is 6.84. The summed E-state index contributed by atoms with van der Waals surface area (Å²) in [6, 6.07) is 4.85. The Balaban J connectivity index is 1.74. The van der Waals surface area contributed by atoms with E-state index in [2.05, 4.69) is 19.8 Å². The minimum atomic E-state index is -2.93. The lowest BCUT2D eigenvalue weighted by Gasteiger charge is -2.18. The van der Waals surface area contributed by atoms with E-state index in [0.717, 1.165) is 0 Å². The van der Waals surface area contributed by atoms with Crippen molar-refractivity contribution >= 4 is 10.9 Å². The molecule has 4 rings (SSSR count). The molecule has 0 fully saturated rings. The number of hydrogen-bond acceptors (Lipinski definition) is 5. The third-order valence-electron chi connectivity index (χ3n) is 4.41. The normalized spacial score (nSPS) is 12.1. The van der Waals surface area contributed by atoms with Crippen LogP contribution in [0.4, 0.5) is 8.78 Å². The summed E-state index contributed by atoms with van der Waals surface area (Å²) >= 11 is 0. The summed E-state index contributed by atoms with van der Waals surface area (Å²) < 4.78 is 32.7. The molecule has 4 heterocycles. The molecule has 4 aromatic rings. The summed E-state index contributed by atoms with van der Waals surface area (Å²) in [5.74, 6) is -0.00479. The molecular formula is C20H19F2N5O2. The number of hydrogen-bond donors (Lipinski definition) is 1. The van der Waals surface area contributed by atoms with Gasteiger partial charge in [0, 0.05) is 24.2 Å². The van der Waals surface area contributed by atoms with Crippen LogP contribution < -0.4 is 4.74 Å². The highest BCUT2D eigenvalue weighted by molar-refractivity contribution is 5.87. The summed E-state index contributed by atoms with van der Waals surface area (Å²) in [4.78, 5) is 8.46. The van der Waals surface area contributed by atoms with Crippen molar-refractivity contribution < 1.29 is 18.6 Å². The first kappa shape index (κ1) is 18.9. The summed E-state index contributed by atoms with van der Waals surface area (Å²) in [6.45, 7) is 3.17. The van der Waals surface area contributed by atoms with Gasteiger partial charge >= 0.3 is 6.61 Å². The Labute approximate surface area is 165 Å². The van der Waals surface area contributed by atoms with Crippen LogP contribution in [0, 0.1) is 0 Å². The lowest BCUT2D eigenvalue weighted by atomic mass is 10.1. The van der Waals surface area contributed by atoms with E-state index < -0.39 is 6.61 Å². The SMILES string of the molecule is CC(C)(C)n1cc(-n2cc3nc(-c4cncc(OC(F)F)c4)ccc3c2O)cn1. The van der Waals surface area contributed by atoms with E-state index in [0.29, 0.717) is 27.8 Å². The molecule has 7 nitrogen and oxygen atoms in total. The van der Waals surface area contributed by atoms with Gasteiger partial charge in [-0.3, -0.25) is 14.2 Å². The van der Waals surface area contributed by atoms with Crippen LogP contribution >= 0.6 is 0 Å². The quantitative estimate of drug-likeness (QED) is 0.552. The van der Waals surface area contributed by atoms with Gasteiger partial charge in [0.25, 0.3) is 0 Å². The average Bonchev–Trinajstić information content (AvgIpc) is 3.26. The van der Waals surface area contributed by atoms with Gasteiger partial charge in [0.2, 0.25) is 5.88 Å². The monoisotopic (exact) mass is 399 g/mol. The van der Waals surface area contributed by atoms with Crippen molar-refractivity contribution in [1.82, 2.24) is 24.3 Å². The highest BCUT2D eigenvalue weighted by atomic mass is 19.3. The molecule has 29 heavy (non-hydrogen) atoms. The standard InChI is InChI=1S/C20H19F2N5O2/c1-20(2,3)27-10-13(8-24-27)26-11-17-15(18(26)28)4-5-16(25-17)12-6-14(9-23-7-12)29-19(21)22/h4-11,19,28H,1-3H3. The summed E-state index contributed by atoms with van der Waals surface area (Å²) in [6.07, 6.45) is 7.93. The molecule has 0 unspecified atom stereocenters. The van der Waals surface area contributed by atoms with E-state index in [9.17, 15) is 13.9 Å². The molecule has 0 saturated carbocycles. The summed E-state index contributed by atoms with van der Waals surface area (Å²) in [7, 11) is 0. The van der Waals surface area contributed by atoms with Crippen molar-refractivity contribution in [3.05, 3.63) is 49.2 Å². The molecule has 9 heteroatoms. The van der Waals surface area contributed by atoms with Crippen molar-refractivity contribution in [2.75, 3.05) is 0 Å². The number of pyridine rings is 2. The van der Waals surface area contributed by atoms with Crippen LogP contribution in [-0.4, -0.2) is 36.0 Å². The van der Waals surface area contributed by atoms with Crippen LogP contribution in [0.25, 0.3) is 27.8 Å². The highest BCUT2D eigenvalue weighted by Gasteiger charge is 2.18. The molecule has 0 atom stereocenters. The highest BCUT2D eigenvalue weighted by Crippen LogP contribution is 2.32. The lowest BCUT2D eigenvalue weighted by Crippen LogP contribution is -2.21. The van der Waals surface area contributed by atoms with Crippen molar-refractivity contribution in [2.45, 2.75) is 32.9 Å². The van der Waals surface area contributed by atoms with E-state index in [-0.39, 0.29) is 17.2 Å². The van der Waals surface area contributed by atoms with Crippen LogP contribution in [0.3, 0.4) is 0 Å². The third-order valence-corrected chi connectivity index (χ3v) is 4.41. The van der Waals surface area contributed by atoms with Crippen molar-refractivity contribution in [3.63, 3.8) is 0 Å². The van der Waals surface area contributed by atoms with Crippen LogP contribution in [0.2, 0.25) is 0 Å².